The summed E-state index contributed by atoms with van der Waals surface area (Å²) in [5.74, 6) is 0. The Kier molecular flexibility index (Phi) is 3.58. The second-order valence-electron chi connectivity index (χ2n) is 2.54. The lowest BCUT2D eigenvalue weighted by molar-refractivity contribution is 0.555. The lowest BCUT2D eigenvalue weighted by Crippen LogP contribution is -2.11. The van der Waals surface area contributed by atoms with Crippen LogP contribution in [0.4, 0.5) is 0 Å². The van der Waals surface area contributed by atoms with Crippen LogP contribution in [0.3, 0.4) is 0 Å². The van der Waals surface area contributed by atoms with Crippen molar-refractivity contribution in [3.8, 4) is 0 Å². The Balaban J connectivity index is 2.67. The number of aliphatic imine (C=N–C) groups is 2. The maximum absolute atomic E-state index is 10.1. The van der Waals surface area contributed by atoms with Crippen LogP contribution < -0.4 is 0 Å². The Bertz CT molecular complexity index is 332. The molecule has 1 atom stereocenters. The number of nitrogens with zero attached hydrogens (tertiary/aromatic N) is 2. The standard InChI is InChI=1S/C9H8N2O2/c12-6-10-5-9(11-7-13)8-3-1-2-4-8/h1-3,9H,4-5H2. The van der Waals surface area contributed by atoms with Gasteiger partial charge < -0.3 is 0 Å². The quantitative estimate of drug-likeness (QED) is 0.472. The predicted octanol–water partition coefficient (Wildman–Crippen LogP) is 0.913. The molecule has 66 valence electrons. The van der Waals surface area contributed by atoms with Gasteiger partial charge in [0.05, 0.1) is 6.54 Å². The number of isocyanates is 2. The number of rotatable bonds is 4. The average Bonchev–Trinajstić information content (AvgIpc) is 2.65. The summed E-state index contributed by atoms with van der Waals surface area (Å²) in [5.41, 5.74) is 0.974. The van der Waals surface area contributed by atoms with Gasteiger partial charge in [0, 0.05) is 0 Å². The van der Waals surface area contributed by atoms with Gasteiger partial charge in [-0.05, 0) is 12.0 Å². The zero-order valence-electron chi connectivity index (χ0n) is 6.93. The highest BCUT2D eigenvalue weighted by atomic mass is 16.1. The van der Waals surface area contributed by atoms with Crippen LogP contribution in [0.25, 0.3) is 0 Å². The summed E-state index contributed by atoms with van der Waals surface area (Å²) in [7, 11) is 0. The fourth-order valence-electron chi connectivity index (χ4n) is 1.14. The van der Waals surface area contributed by atoms with Gasteiger partial charge in [-0.15, -0.1) is 0 Å². The molecule has 0 heterocycles. The largest absolute Gasteiger partial charge is 0.235 e. The summed E-state index contributed by atoms with van der Waals surface area (Å²) in [5, 5.41) is 0. The van der Waals surface area contributed by atoms with Gasteiger partial charge in [-0.25, -0.2) is 14.6 Å². The van der Waals surface area contributed by atoms with Gasteiger partial charge in [-0.2, -0.15) is 4.99 Å². The topological polar surface area (TPSA) is 58.9 Å². The van der Waals surface area contributed by atoms with Gasteiger partial charge in [-0.3, -0.25) is 0 Å². The molecule has 0 aromatic heterocycles. The van der Waals surface area contributed by atoms with Crippen molar-refractivity contribution in [3.05, 3.63) is 23.8 Å². The zero-order valence-corrected chi connectivity index (χ0v) is 6.93. The maximum atomic E-state index is 10.1. The van der Waals surface area contributed by atoms with Crippen molar-refractivity contribution in [2.24, 2.45) is 9.98 Å². The number of hydrogen-bond donors (Lipinski definition) is 0. The Morgan fingerprint density at radius 2 is 2.31 bits per heavy atom. The summed E-state index contributed by atoms with van der Waals surface area (Å²) in [6, 6.07) is -0.353. The van der Waals surface area contributed by atoms with Crippen LogP contribution in [0, 0.1) is 0 Å². The lowest BCUT2D eigenvalue weighted by atomic mass is 10.1. The van der Waals surface area contributed by atoms with E-state index in [1.807, 2.05) is 18.2 Å². The molecule has 0 N–H and O–H groups in total. The van der Waals surface area contributed by atoms with Gasteiger partial charge in [0.25, 0.3) is 0 Å². The average molecular weight is 176 g/mol. The molecule has 0 amide bonds. The fourth-order valence-corrected chi connectivity index (χ4v) is 1.14. The van der Waals surface area contributed by atoms with Crippen LogP contribution in [0.1, 0.15) is 6.42 Å². The Labute approximate surface area is 75.4 Å². The molecule has 0 aliphatic heterocycles. The molecule has 13 heavy (non-hydrogen) atoms. The molecular weight excluding hydrogens is 168 g/mol. The summed E-state index contributed by atoms with van der Waals surface area (Å²) in [6.45, 7) is 0.173. The van der Waals surface area contributed by atoms with E-state index in [2.05, 4.69) is 9.98 Å². The number of allylic oxidation sites excluding steroid dienone is 3. The van der Waals surface area contributed by atoms with E-state index < -0.39 is 0 Å². The molecule has 4 nitrogen and oxygen atoms in total. The van der Waals surface area contributed by atoms with Crippen LogP contribution in [-0.2, 0) is 9.59 Å². The molecule has 4 heteroatoms. The first kappa shape index (κ1) is 9.33. The first-order valence-corrected chi connectivity index (χ1v) is 3.84. The van der Waals surface area contributed by atoms with Crippen LogP contribution in [0.15, 0.2) is 33.8 Å². The minimum atomic E-state index is -0.353. The highest BCUT2D eigenvalue weighted by molar-refractivity contribution is 5.39. The highest BCUT2D eigenvalue weighted by Crippen LogP contribution is 2.17. The van der Waals surface area contributed by atoms with Gasteiger partial charge in [0.1, 0.15) is 6.04 Å². The fraction of sp³-hybridized carbons (Fsp3) is 0.333. The van der Waals surface area contributed by atoms with E-state index in [4.69, 9.17) is 0 Å². The van der Waals surface area contributed by atoms with Gasteiger partial charge in [0.2, 0.25) is 12.2 Å². The summed E-state index contributed by atoms with van der Waals surface area (Å²) < 4.78 is 0. The van der Waals surface area contributed by atoms with Crippen molar-refractivity contribution < 1.29 is 9.59 Å². The molecule has 1 aliphatic carbocycles. The van der Waals surface area contributed by atoms with Crippen LogP contribution in [-0.4, -0.2) is 24.7 Å². The minimum absolute atomic E-state index is 0.173. The van der Waals surface area contributed by atoms with Crippen LogP contribution in [0.2, 0.25) is 0 Å². The normalized spacial score (nSPS) is 15.5. The molecule has 1 unspecified atom stereocenters. The van der Waals surface area contributed by atoms with E-state index in [1.54, 1.807) is 0 Å². The van der Waals surface area contributed by atoms with Crippen molar-refractivity contribution in [1.82, 2.24) is 0 Å². The Hall–Kier alpha value is -1.76. The second-order valence-corrected chi connectivity index (χ2v) is 2.54. The van der Waals surface area contributed by atoms with Gasteiger partial charge >= 0.3 is 0 Å². The van der Waals surface area contributed by atoms with E-state index >= 15 is 0 Å². The van der Waals surface area contributed by atoms with Crippen molar-refractivity contribution in [2.45, 2.75) is 12.5 Å². The zero-order chi connectivity index (χ0) is 9.52. The molecule has 1 aliphatic rings. The monoisotopic (exact) mass is 176 g/mol. The molecule has 0 fully saturated rings. The van der Waals surface area contributed by atoms with E-state index in [-0.39, 0.29) is 12.6 Å². The first-order chi connectivity index (χ1) is 6.38. The van der Waals surface area contributed by atoms with Crippen molar-refractivity contribution in [2.75, 3.05) is 6.54 Å². The Morgan fingerprint density at radius 1 is 1.46 bits per heavy atom. The number of hydrogen-bond acceptors (Lipinski definition) is 4. The molecule has 0 aromatic carbocycles. The number of carbonyl (C=O) groups excluding carboxylic acids is 2. The molecule has 0 spiro atoms. The highest BCUT2D eigenvalue weighted by Gasteiger charge is 2.12. The Morgan fingerprint density at radius 3 is 2.85 bits per heavy atom. The predicted molar refractivity (Wildman–Crippen MR) is 46.7 cm³/mol. The van der Waals surface area contributed by atoms with Gasteiger partial charge in [-0.1, -0.05) is 18.2 Å². The van der Waals surface area contributed by atoms with E-state index in [1.165, 1.54) is 12.2 Å². The van der Waals surface area contributed by atoms with Crippen molar-refractivity contribution in [3.63, 3.8) is 0 Å². The van der Waals surface area contributed by atoms with E-state index in [0.29, 0.717) is 0 Å². The van der Waals surface area contributed by atoms with Crippen molar-refractivity contribution in [1.29, 1.82) is 0 Å². The van der Waals surface area contributed by atoms with E-state index in [9.17, 15) is 9.59 Å². The van der Waals surface area contributed by atoms with Crippen LogP contribution in [0.5, 0.6) is 0 Å². The third-order valence-electron chi connectivity index (χ3n) is 1.77. The second kappa shape index (κ2) is 4.99. The molecule has 0 bridgehead atoms. The third-order valence-corrected chi connectivity index (χ3v) is 1.77. The molecule has 0 saturated carbocycles. The molecule has 0 saturated heterocycles. The minimum Gasteiger partial charge on any atom is -0.211 e. The summed E-state index contributed by atoms with van der Waals surface area (Å²) in [4.78, 5) is 26.9. The summed E-state index contributed by atoms with van der Waals surface area (Å²) >= 11 is 0. The molecular formula is C9H8N2O2. The lowest BCUT2D eigenvalue weighted by Gasteiger charge is -2.06. The maximum Gasteiger partial charge on any atom is 0.235 e. The van der Waals surface area contributed by atoms with Crippen molar-refractivity contribution >= 4 is 12.2 Å². The molecule has 0 radical (unpaired) electrons. The van der Waals surface area contributed by atoms with E-state index in [0.717, 1.165) is 12.0 Å². The smallest absolute Gasteiger partial charge is 0.211 e. The summed E-state index contributed by atoms with van der Waals surface area (Å²) in [6.07, 6.45) is 9.34. The third kappa shape index (κ3) is 2.64. The van der Waals surface area contributed by atoms with Gasteiger partial charge in [0.15, 0.2) is 0 Å². The first-order valence-electron chi connectivity index (χ1n) is 3.84. The SMILES string of the molecule is O=C=NCC(N=C=O)C1=CC=CC1. The molecule has 1 rings (SSSR count). The van der Waals surface area contributed by atoms with Crippen LogP contribution >= 0.6 is 0 Å². The molecule has 0 aromatic rings.